The summed E-state index contributed by atoms with van der Waals surface area (Å²) in [5, 5.41) is 0. The molecular formula is C3H8N. The quantitative estimate of drug-likeness (QED) is 0.457. The molecule has 0 saturated carbocycles. The third kappa shape index (κ3) is 1.96. The molecule has 1 radical (unpaired) electrons. The van der Waals surface area contributed by atoms with E-state index in [9.17, 15) is 0 Å². The van der Waals surface area contributed by atoms with E-state index in [0.717, 1.165) is 0 Å². The first-order valence-electron chi connectivity index (χ1n) is 1.39. The van der Waals surface area contributed by atoms with E-state index < -0.39 is 0 Å². The molecule has 0 aliphatic rings. The topological polar surface area (TPSA) is 26.0 Å². The van der Waals surface area contributed by atoms with Gasteiger partial charge in [0.15, 0.2) is 0 Å². The van der Waals surface area contributed by atoms with Crippen molar-refractivity contribution in [2.45, 2.75) is 6.92 Å². The molecular weight excluding hydrogens is 50.0 g/mol. The van der Waals surface area contributed by atoms with Crippen molar-refractivity contribution in [3.8, 4) is 0 Å². The highest BCUT2D eigenvalue weighted by Gasteiger charge is 1.56. The summed E-state index contributed by atoms with van der Waals surface area (Å²) in [5.41, 5.74) is 4.97. The van der Waals surface area contributed by atoms with Crippen molar-refractivity contribution in [1.29, 1.82) is 0 Å². The second-order valence-corrected chi connectivity index (χ2v) is 0.644. The molecule has 0 atom stereocenters. The van der Waals surface area contributed by atoms with E-state index in [-0.39, 0.29) is 0 Å². The van der Waals surface area contributed by atoms with Crippen LogP contribution in [0.5, 0.6) is 0 Å². The Labute approximate surface area is 26.8 Å². The maximum atomic E-state index is 4.97. The van der Waals surface area contributed by atoms with Crippen LogP contribution in [0.1, 0.15) is 6.92 Å². The molecule has 0 aromatic rings. The Morgan fingerprint density at radius 3 is 2.25 bits per heavy atom. The normalized spacial score (nSPS) is 7.50. The zero-order valence-electron chi connectivity index (χ0n) is 2.86. The van der Waals surface area contributed by atoms with E-state index in [1.54, 1.807) is 0 Å². The Hall–Kier alpha value is -0.0400. The number of hydrogen-bond acceptors (Lipinski definition) is 1. The molecule has 0 bridgehead atoms. The molecule has 0 saturated heterocycles. The lowest BCUT2D eigenvalue weighted by Crippen LogP contribution is -1.94. The fourth-order valence-electron chi connectivity index (χ4n) is 0. The highest BCUT2D eigenvalue weighted by atomic mass is 14.5. The summed E-state index contributed by atoms with van der Waals surface area (Å²) >= 11 is 0. The van der Waals surface area contributed by atoms with Crippen LogP contribution in [0.3, 0.4) is 0 Å². The van der Waals surface area contributed by atoms with Gasteiger partial charge in [0, 0.05) is 0 Å². The Morgan fingerprint density at radius 2 is 2.25 bits per heavy atom. The molecule has 0 amide bonds. The smallest absolute Gasteiger partial charge is 0.00485 e. The molecule has 4 heavy (non-hydrogen) atoms. The molecule has 0 spiro atoms. The molecule has 0 aliphatic carbocycles. The molecule has 25 valence electrons. The van der Waals surface area contributed by atoms with E-state index >= 15 is 0 Å². The van der Waals surface area contributed by atoms with Crippen LogP contribution in [0.15, 0.2) is 0 Å². The number of rotatable bonds is 1. The van der Waals surface area contributed by atoms with Gasteiger partial charge >= 0.3 is 0 Å². The van der Waals surface area contributed by atoms with Gasteiger partial charge in [-0.1, -0.05) is 6.92 Å². The summed E-state index contributed by atoms with van der Waals surface area (Å²) < 4.78 is 0. The average Bonchev–Trinajstić information content (AvgIpc) is 1.37. The fourth-order valence-corrected chi connectivity index (χ4v) is 0. The molecule has 0 aromatic heterocycles. The molecule has 1 nitrogen and oxygen atoms in total. The van der Waals surface area contributed by atoms with Gasteiger partial charge in [0.2, 0.25) is 0 Å². The zero-order chi connectivity index (χ0) is 3.41. The first kappa shape index (κ1) is 3.96. The highest BCUT2D eigenvalue weighted by Crippen LogP contribution is 1.54. The molecule has 0 aliphatic heterocycles. The molecule has 0 fully saturated rings. The van der Waals surface area contributed by atoms with E-state index in [4.69, 9.17) is 5.73 Å². The minimum Gasteiger partial charge on any atom is -0.330 e. The van der Waals surface area contributed by atoms with Crippen LogP contribution in [0.2, 0.25) is 0 Å². The minimum atomic E-state index is 0.694. The molecule has 0 aromatic carbocycles. The maximum Gasteiger partial charge on any atom is -0.00485 e. The third-order valence-electron chi connectivity index (χ3n) is 0.236. The summed E-state index contributed by atoms with van der Waals surface area (Å²) in [4.78, 5) is 0. The van der Waals surface area contributed by atoms with E-state index in [1.165, 1.54) is 0 Å². The number of nitrogens with two attached hydrogens (primary N) is 1. The standard InChI is InChI=1S/C3H8N/c1-2-3-4/h2H,3-4H2,1H3. The third-order valence-corrected chi connectivity index (χ3v) is 0.236. The van der Waals surface area contributed by atoms with Gasteiger partial charge in [0.05, 0.1) is 0 Å². The van der Waals surface area contributed by atoms with Crippen molar-refractivity contribution in [3.63, 3.8) is 0 Å². The summed E-state index contributed by atoms with van der Waals surface area (Å²) in [6.45, 7) is 2.62. The molecule has 0 rings (SSSR count). The Morgan fingerprint density at radius 1 is 2.00 bits per heavy atom. The van der Waals surface area contributed by atoms with Gasteiger partial charge in [-0.25, -0.2) is 0 Å². The van der Waals surface area contributed by atoms with Crippen molar-refractivity contribution in [2.75, 3.05) is 6.54 Å². The van der Waals surface area contributed by atoms with Gasteiger partial charge in [-0.3, -0.25) is 0 Å². The van der Waals surface area contributed by atoms with Gasteiger partial charge in [0.1, 0.15) is 0 Å². The Balaban J connectivity index is 1.97. The summed E-state index contributed by atoms with van der Waals surface area (Å²) in [6, 6.07) is 0. The largest absolute Gasteiger partial charge is 0.330 e. The van der Waals surface area contributed by atoms with Crippen molar-refractivity contribution in [1.82, 2.24) is 0 Å². The second-order valence-electron chi connectivity index (χ2n) is 0.644. The van der Waals surface area contributed by atoms with Crippen LogP contribution in [0.25, 0.3) is 0 Å². The van der Waals surface area contributed by atoms with E-state index in [0.29, 0.717) is 6.54 Å². The highest BCUT2D eigenvalue weighted by molar-refractivity contribution is 4.51. The monoisotopic (exact) mass is 58.1 g/mol. The van der Waals surface area contributed by atoms with Crippen LogP contribution < -0.4 is 5.73 Å². The maximum absolute atomic E-state index is 4.97. The molecule has 0 heterocycles. The van der Waals surface area contributed by atoms with Crippen LogP contribution in [0.4, 0.5) is 0 Å². The summed E-state index contributed by atoms with van der Waals surface area (Å²) in [7, 11) is 0. The molecule has 2 N–H and O–H groups in total. The van der Waals surface area contributed by atoms with Crippen molar-refractivity contribution < 1.29 is 0 Å². The number of hydrogen-bond donors (Lipinski definition) is 1. The van der Waals surface area contributed by atoms with Gasteiger partial charge in [-0.05, 0) is 13.0 Å². The lowest BCUT2D eigenvalue weighted by Gasteiger charge is -1.69. The van der Waals surface area contributed by atoms with Gasteiger partial charge in [0.25, 0.3) is 0 Å². The summed E-state index contributed by atoms with van der Waals surface area (Å²) in [5.74, 6) is 0. The van der Waals surface area contributed by atoms with Crippen molar-refractivity contribution >= 4 is 0 Å². The predicted molar refractivity (Wildman–Crippen MR) is 19.0 cm³/mol. The van der Waals surface area contributed by atoms with Crippen LogP contribution in [-0.4, -0.2) is 6.54 Å². The Bertz CT molecular complexity index is 5.25. The minimum absolute atomic E-state index is 0.694. The van der Waals surface area contributed by atoms with E-state index in [1.807, 2.05) is 13.3 Å². The van der Waals surface area contributed by atoms with Crippen LogP contribution >= 0.6 is 0 Å². The Kier molecular flexibility index (Phi) is 2.93. The zero-order valence-corrected chi connectivity index (χ0v) is 2.86. The lowest BCUT2D eigenvalue weighted by molar-refractivity contribution is 1.14. The molecule has 0 unspecified atom stereocenters. The van der Waals surface area contributed by atoms with E-state index in [2.05, 4.69) is 0 Å². The lowest BCUT2D eigenvalue weighted by atomic mass is 10.5. The van der Waals surface area contributed by atoms with Gasteiger partial charge in [-0.15, -0.1) is 0 Å². The SMILES string of the molecule is C[CH]CN. The second kappa shape index (κ2) is 2.96. The van der Waals surface area contributed by atoms with Gasteiger partial charge in [-0.2, -0.15) is 0 Å². The first-order chi connectivity index (χ1) is 1.91. The first-order valence-corrected chi connectivity index (χ1v) is 1.39. The average molecular weight is 58.1 g/mol. The van der Waals surface area contributed by atoms with Crippen molar-refractivity contribution in [2.24, 2.45) is 5.73 Å². The summed E-state index contributed by atoms with van der Waals surface area (Å²) in [6.07, 6.45) is 1.90. The van der Waals surface area contributed by atoms with Crippen molar-refractivity contribution in [3.05, 3.63) is 6.42 Å². The van der Waals surface area contributed by atoms with Crippen LogP contribution in [0, 0.1) is 6.42 Å². The van der Waals surface area contributed by atoms with Crippen LogP contribution in [-0.2, 0) is 0 Å². The predicted octanol–water partition coefficient (Wildman–Crippen LogP) is 0.169. The van der Waals surface area contributed by atoms with Gasteiger partial charge < -0.3 is 5.73 Å². The molecule has 1 heteroatoms. The fraction of sp³-hybridized carbons (Fsp3) is 0.667.